The molecular weight excluding hydrogens is 377 g/mol. The number of unbranched alkanes of at least 4 members (excludes halogenated alkanes) is 5. The summed E-state index contributed by atoms with van der Waals surface area (Å²) in [5.74, 6) is 0.658. The first-order valence-electron chi connectivity index (χ1n) is 8.38. The first kappa shape index (κ1) is 23.2. The summed E-state index contributed by atoms with van der Waals surface area (Å²) in [6.45, 7) is 10.7. The third-order valence-electron chi connectivity index (χ3n) is 3.45. The van der Waals surface area contributed by atoms with Crippen LogP contribution in [-0.4, -0.2) is 43.7 Å². The number of hydrogen-bond donors (Lipinski definition) is 1. The fraction of sp³-hybridized carbons (Fsp3) is 0.938. The van der Waals surface area contributed by atoms with Crippen molar-refractivity contribution in [1.82, 2.24) is 4.90 Å². The molecule has 0 spiro atoms. The number of guanidine groups is 1. The fourth-order valence-electron chi connectivity index (χ4n) is 2.09. The van der Waals surface area contributed by atoms with E-state index in [2.05, 4.69) is 30.7 Å². The standard InChI is InChI=1S/C16H35N3O.HI/c1-4-7-8-9-10-11-14-20-15-12-13-18-16(17)19(5-2)6-3;/h4-15H2,1-3H3,(H2,17,18);1H. The first-order valence-corrected chi connectivity index (χ1v) is 8.38. The summed E-state index contributed by atoms with van der Waals surface area (Å²) < 4.78 is 5.61. The lowest BCUT2D eigenvalue weighted by atomic mass is 10.1. The third-order valence-corrected chi connectivity index (χ3v) is 3.45. The van der Waals surface area contributed by atoms with E-state index in [4.69, 9.17) is 10.5 Å². The molecule has 0 aliphatic rings. The Morgan fingerprint density at radius 2 is 1.48 bits per heavy atom. The Morgan fingerprint density at radius 1 is 0.905 bits per heavy atom. The van der Waals surface area contributed by atoms with E-state index in [1.807, 2.05) is 0 Å². The van der Waals surface area contributed by atoms with Crippen molar-refractivity contribution in [3.05, 3.63) is 0 Å². The lowest BCUT2D eigenvalue weighted by Crippen LogP contribution is -2.37. The molecule has 0 unspecified atom stereocenters. The number of nitrogens with zero attached hydrogens (tertiary/aromatic N) is 2. The second-order valence-corrected chi connectivity index (χ2v) is 5.15. The van der Waals surface area contributed by atoms with Gasteiger partial charge in [-0.3, -0.25) is 4.99 Å². The van der Waals surface area contributed by atoms with Gasteiger partial charge in [-0.05, 0) is 26.7 Å². The summed E-state index contributed by atoms with van der Waals surface area (Å²) in [5, 5.41) is 0. The highest BCUT2D eigenvalue weighted by Gasteiger charge is 2.00. The molecule has 0 saturated heterocycles. The van der Waals surface area contributed by atoms with Crippen molar-refractivity contribution in [2.45, 2.75) is 65.7 Å². The summed E-state index contributed by atoms with van der Waals surface area (Å²) in [6.07, 6.45) is 8.84. The van der Waals surface area contributed by atoms with Crippen LogP contribution in [0.15, 0.2) is 4.99 Å². The van der Waals surface area contributed by atoms with Gasteiger partial charge in [0.15, 0.2) is 5.96 Å². The quantitative estimate of drug-likeness (QED) is 0.215. The average Bonchev–Trinajstić information content (AvgIpc) is 2.46. The number of aliphatic imine (C=N–C) groups is 1. The molecule has 0 rings (SSSR count). The van der Waals surface area contributed by atoms with Crippen molar-refractivity contribution in [3.63, 3.8) is 0 Å². The van der Waals surface area contributed by atoms with Gasteiger partial charge < -0.3 is 15.4 Å². The summed E-state index contributed by atoms with van der Waals surface area (Å²) >= 11 is 0. The molecule has 0 fully saturated rings. The highest BCUT2D eigenvalue weighted by atomic mass is 127. The molecule has 128 valence electrons. The normalized spacial score (nSPS) is 11.3. The predicted molar refractivity (Wildman–Crippen MR) is 104 cm³/mol. The van der Waals surface area contributed by atoms with E-state index in [9.17, 15) is 0 Å². The number of hydrogen-bond acceptors (Lipinski definition) is 2. The average molecular weight is 413 g/mol. The van der Waals surface area contributed by atoms with Crippen molar-refractivity contribution in [2.24, 2.45) is 10.7 Å². The van der Waals surface area contributed by atoms with Gasteiger partial charge in [0.05, 0.1) is 0 Å². The highest BCUT2D eigenvalue weighted by Crippen LogP contribution is 2.04. The molecule has 2 N–H and O–H groups in total. The first-order chi connectivity index (χ1) is 9.76. The molecule has 0 saturated carbocycles. The molecule has 4 nitrogen and oxygen atoms in total. The van der Waals surface area contributed by atoms with Gasteiger partial charge in [-0.25, -0.2) is 0 Å². The maximum atomic E-state index is 5.89. The minimum absolute atomic E-state index is 0. The minimum Gasteiger partial charge on any atom is -0.381 e. The molecule has 0 aliphatic carbocycles. The Hall–Kier alpha value is -0.0400. The SMILES string of the molecule is CCCCCCCCOCCCN=C(N)N(CC)CC.I. The minimum atomic E-state index is 0. The van der Waals surface area contributed by atoms with E-state index in [1.54, 1.807) is 0 Å². The van der Waals surface area contributed by atoms with Gasteiger partial charge in [-0.1, -0.05) is 39.0 Å². The van der Waals surface area contributed by atoms with Crippen LogP contribution in [0.5, 0.6) is 0 Å². The highest BCUT2D eigenvalue weighted by molar-refractivity contribution is 14.0. The number of ether oxygens (including phenoxy) is 1. The van der Waals surface area contributed by atoms with Gasteiger partial charge in [-0.15, -0.1) is 24.0 Å². The van der Waals surface area contributed by atoms with Crippen LogP contribution in [0.3, 0.4) is 0 Å². The van der Waals surface area contributed by atoms with Crippen molar-refractivity contribution in [3.8, 4) is 0 Å². The topological polar surface area (TPSA) is 50.9 Å². The molecule has 0 bridgehead atoms. The molecule has 0 aromatic heterocycles. The molecule has 0 aliphatic heterocycles. The Morgan fingerprint density at radius 3 is 2.10 bits per heavy atom. The van der Waals surface area contributed by atoms with Crippen molar-refractivity contribution < 1.29 is 4.74 Å². The van der Waals surface area contributed by atoms with Gasteiger partial charge in [0, 0.05) is 32.8 Å². The molecule has 0 atom stereocenters. The Bertz CT molecular complexity index is 234. The van der Waals surface area contributed by atoms with Crippen molar-refractivity contribution in [2.75, 3.05) is 32.8 Å². The van der Waals surface area contributed by atoms with Gasteiger partial charge in [-0.2, -0.15) is 0 Å². The molecular formula is C16H36IN3O. The molecule has 5 heteroatoms. The summed E-state index contributed by atoms with van der Waals surface area (Å²) in [6, 6.07) is 0. The molecule has 0 amide bonds. The van der Waals surface area contributed by atoms with Crippen LogP contribution in [0.2, 0.25) is 0 Å². The van der Waals surface area contributed by atoms with Crippen molar-refractivity contribution in [1.29, 1.82) is 0 Å². The molecule has 0 heterocycles. The van der Waals surface area contributed by atoms with E-state index in [1.165, 1.54) is 38.5 Å². The van der Waals surface area contributed by atoms with Crippen molar-refractivity contribution >= 4 is 29.9 Å². The third kappa shape index (κ3) is 14.7. The Balaban J connectivity index is 0. The summed E-state index contributed by atoms with van der Waals surface area (Å²) in [4.78, 5) is 6.44. The lowest BCUT2D eigenvalue weighted by Gasteiger charge is -2.19. The second-order valence-electron chi connectivity index (χ2n) is 5.15. The number of nitrogens with two attached hydrogens (primary N) is 1. The zero-order valence-electron chi connectivity index (χ0n) is 14.3. The Labute approximate surface area is 148 Å². The van der Waals surface area contributed by atoms with Gasteiger partial charge in [0.25, 0.3) is 0 Å². The van der Waals surface area contributed by atoms with Crippen LogP contribution < -0.4 is 5.73 Å². The van der Waals surface area contributed by atoms with Crippen LogP contribution in [0.1, 0.15) is 65.7 Å². The zero-order valence-corrected chi connectivity index (χ0v) is 16.6. The summed E-state index contributed by atoms with van der Waals surface area (Å²) in [7, 11) is 0. The lowest BCUT2D eigenvalue weighted by molar-refractivity contribution is 0.129. The van der Waals surface area contributed by atoms with Crippen LogP contribution in [0.4, 0.5) is 0 Å². The number of rotatable bonds is 13. The second kappa shape index (κ2) is 18.0. The van der Waals surface area contributed by atoms with Crippen LogP contribution >= 0.6 is 24.0 Å². The maximum absolute atomic E-state index is 5.89. The van der Waals surface area contributed by atoms with Gasteiger partial charge in [0.2, 0.25) is 0 Å². The maximum Gasteiger partial charge on any atom is 0.191 e. The largest absolute Gasteiger partial charge is 0.381 e. The number of halogens is 1. The van der Waals surface area contributed by atoms with Crippen LogP contribution in [0.25, 0.3) is 0 Å². The van der Waals surface area contributed by atoms with E-state index < -0.39 is 0 Å². The molecule has 21 heavy (non-hydrogen) atoms. The smallest absolute Gasteiger partial charge is 0.191 e. The molecule has 0 aromatic rings. The predicted octanol–water partition coefficient (Wildman–Crippen LogP) is 4.03. The monoisotopic (exact) mass is 413 g/mol. The van der Waals surface area contributed by atoms with Gasteiger partial charge >= 0.3 is 0 Å². The summed E-state index contributed by atoms with van der Waals surface area (Å²) in [5.41, 5.74) is 5.89. The van der Waals surface area contributed by atoms with E-state index >= 15 is 0 Å². The van der Waals surface area contributed by atoms with Crippen LogP contribution in [0, 0.1) is 0 Å². The van der Waals surface area contributed by atoms with E-state index in [-0.39, 0.29) is 24.0 Å². The molecule has 0 radical (unpaired) electrons. The van der Waals surface area contributed by atoms with E-state index in [0.29, 0.717) is 5.96 Å². The van der Waals surface area contributed by atoms with Crippen LogP contribution in [-0.2, 0) is 4.74 Å². The molecule has 0 aromatic carbocycles. The van der Waals surface area contributed by atoms with Gasteiger partial charge in [0.1, 0.15) is 0 Å². The zero-order chi connectivity index (χ0) is 15.1. The fourth-order valence-corrected chi connectivity index (χ4v) is 2.09. The Kier molecular flexibility index (Phi) is 19.9. The van der Waals surface area contributed by atoms with E-state index in [0.717, 1.165) is 39.3 Å².